The minimum atomic E-state index is -0.350. The van der Waals surface area contributed by atoms with Gasteiger partial charge in [0.05, 0.1) is 12.5 Å². The van der Waals surface area contributed by atoms with Crippen LogP contribution in [0, 0.1) is 0 Å². The third-order valence-electron chi connectivity index (χ3n) is 3.54. The monoisotopic (exact) mass is 281 g/mol. The summed E-state index contributed by atoms with van der Waals surface area (Å²) in [5.74, 6) is -0.184. The Labute approximate surface area is 122 Å². The van der Waals surface area contributed by atoms with Gasteiger partial charge in [-0.3, -0.25) is 9.59 Å². The number of benzene rings is 1. The molecule has 0 saturated carbocycles. The number of carbonyl (C=O) groups excluding carboxylic acids is 2. The van der Waals surface area contributed by atoms with E-state index in [-0.39, 0.29) is 17.7 Å². The van der Waals surface area contributed by atoms with Gasteiger partial charge in [-0.1, -0.05) is 36.4 Å². The molecule has 1 saturated heterocycles. The molecule has 106 valence electrons. The smallest absolute Gasteiger partial charge is 0.256 e. The molecule has 2 aromatic rings. The van der Waals surface area contributed by atoms with E-state index in [1.165, 1.54) is 16.9 Å². The van der Waals surface area contributed by atoms with Gasteiger partial charge in [-0.2, -0.15) is 5.01 Å². The highest BCUT2D eigenvalue weighted by atomic mass is 16.2. The summed E-state index contributed by atoms with van der Waals surface area (Å²) in [4.78, 5) is 28.8. The molecule has 2 amide bonds. The quantitative estimate of drug-likeness (QED) is 0.845. The average molecular weight is 281 g/mol. The van der Waals surface area contributed by atoms with Gasteiger partial charge in [0.2, 0.25) is 5.91 Å². The average Bonchev–Trinajstić information content (AvgIpc) is 2.87. The van der Waals surface area contributed by atoms with Gasteiger partial charge in [-0.25, -0.2) is 9.99 Å². The van der Waals surface area contributed by atoms with Gasteiger partial charge in [0, 0.05) is 13.1 Å². The summed E-state index contributed by atoms with van der Waals surface area (Å²) in [6, 6.07) is 14.8. The van der Waals surface area contributed by atoms with Crippen LogP contribution in [-0.4, -0.2) is 28.4 Å². The van der Waals surface area contributed by atoms with Crippen LogP contribution in [0.25, 0.3) is 0 Å². The molecule has 3 rings (SSSR count). The predicted octanol–water partition coefficient (Wildman–Crippen LogP) is 1.98. The Balaban J connectivity index is 1.99. The van der Waals surface area contributed by atoms with Crippen LogP contribution >= 0.6 is 0 Å². The maximum atomic E-state index is 12.7. The van der Waals surface area contributed by atoms with E-state index in [1.54, 1.807) is 24.4 Å². The van der Waals surface area contributed by atoms with E-state index in [0.717, 1.165) is 5.56 Å². The van der Waals surface area contributed by atoms with Gasteiger partial charge in [-0.15, -0.1) is 0 Å². The lowest BCUT2D eigenvalue weighted by Crippen LogP contribution is -2.42. The molecule has 0 N–H and O–H groups in total. The number of nitrogens with zero attached hydrogens (tertiary/aromatic N) is 3. The molecule has 1 atom stereocenters. The Morgan fingerprint density at radius 3 is 2.48 bits per heavy atom. The van der Waals surface area contributed by atoms with Crippen molar-refractivity contribution in [1.29, 1.82) is 0 Å². The third-order valence-corrected chi connectivity index (χ3v) is 3.54. The number of anilines is 1. The number of pyridine rings is 1. The Kier molecular flexibility index (Phi) is 3.39. The van der Waals surface area contributed by atoms with Crippen LogP contribution in [0.5, 0.6) is 0 Å². The van der Waals surface area contributed by atoms with E-state index < -0.39 is 0 Å². The maximum absolute atomic E-state index is 12.7. The molecule has 2 heterocycles. The first kappa shape index (κ1) is 13.3. The molecule has 1 aromatic carbocycles. The Morgan fingerprint density at radius 1 is 1.14 bits per heavy atom. The normalized spacial score (nSPS) is 18.1. The summed E-state index contributed by atoms with van der Waals surface area (Å²) in [6.07, 6.45) is 1.61. The van der Waals surface area contributed by atoms with Gasteiger partial charge in [-0.05, 0) is 17.7 Å². The molecule has 5 nitrogen and oxygen atoms in total. The van der Waals surface area contributed by atoms with Gasteiger partial charge in [0.25, 0.3) is 5.91 Å². The zero-order chi connectivity index (χ0) is 14.8. The molecule has 1 unspecified atom stereocenters. The van der Waals surface area contributed by atoms with E-state index in [2.05, 4.69) is 4.98 Å². The van der Waals surface area contributed by atoms with Crippen molar-refractivity contribution in [1.82, 2.24) is 9.99 Å². The third kappa shape index (κ3) is 2.38. The second-order valence-electron chi connectivity index (χ2n) is 4.90. The molecule has 21 heavy (non-hydrogen) atoms. The topological polar surface area (TPSA) is 53.5 Å². The molecular formula is C16H15N3O2. The molecule has 1 aliphatic heterocycles. The number of hydrazine groups is 1. The summed E-state index contributed by atoms with van der Waals surface area (Å²) < 4.78 is 0. The molecule has 0 aliphatic carbocycles. The van der Waals surface area contributed by atoms with Crippen molar-refractivity contribution in [3.05, 3.63) is 60.3 Å². The number of hydrogen-bond acceptors (Lipinski definition) is 3. The van der Waals surface area contributed by atoms with E-state index in [4.69, 9.17) is 0 Å². The number of aromatic nitrogens is 1. The number of amides is 2. The highest BCUT2D eigenvalue weighted by Gasteiger charge is 2.41. The van der Waals surface area contributed by atoms with Crippen LogP contribution < -0.4 is 5.01 Å². The summed E-state index contributed by atoms with van der Waals surface area (Å²) in [7, 11) is 0. The largest absolute Gasteiger partial charge is 0.273 e. The molecule has 0 spiro atoms. The Hall–Kier alpha value is -2.69. The van der Waals surface area contributed by atoms with Crippen LogP contribution in [-0.2, 0) is 9.59 Å². The van der Waals surface area contributed by atoms with E-state index in [0.29, 0.717) is 12.4 Å². The van der Waals surface area contributed by atoms with Crippen molar-refractivity contribution in [2.24, 2.45) is 0 Å². The van der Waals surface area contributed by atoms with E-state index in [1.807, 2.05) is 30.3 Å². The number of rotatable bonds is 2. The Morgan fingerprint density at radius 2 is 1.86 bits per heavy atom. The number of hydrogen-bond donors (Lipinski definition) is 0. The van der Waals surface area contributed by atoms with Crippen molar-refractivity contribution in [3.63, 3.8) is 0 Å². The fourth-order valence-corrected chi connectivity index (χ4v) is 2.52. The SMILES string of the molecule is CC(=O)N1CC(c2ccccc2)C(=O)N1c1ccccn1. The van der Waals surface area contributed by atoms with Gasteiger partial charge < -0.3 is 0 Å². The highest BCUT2D eigenvalue weighted by molar-refractivity contribution is 6.02. The van der Waals surface area contributed by atoms with Crippen LogP contribution in [0.15, 0.2) is 54.7 Å². The first-order valence-electron chi connectivity index (χ1n) is 6.76. The standard InChI is InChI=1S/C16H15N3O2/c1-12(20)18-11-14(13-7-3-2-4-8-13)16(21)19(18)15-9-5-6-10-17-15/h2-10,14H,11H2,1H3. The van der Waals surface area contributed by atoms with Gasteiger partial charge in [0.1, 0.15) is 0 Å². The van der Waals surface area contributed by atoms with Crippen LogP contribution in [0.4, 0.5) is 5.82 Å². The van der Waals surface area contributed by atoms with Crippen LogP contribution in [0.1, 0.15) is 18.4 Å². The number of carbonyl (C=O) groups is 2. The van der Waals surface area contributed by atoms with Gasteiger partial charge >= 0.3 is 0 Å². The summed E-state index contributed by atoms with van der Waals surface area (Å²) in [6.45, 7) is 1.80. The highest BCUT2D eigenvalue weighted by Crippen LogP contribution is 2.30. The lowest BCUT2D eigenvalue weighted by atomic mass is 9.99. The predicted molar refractivity (Wildman–Crippen MR) is 78.3 cm³/mol. The second kappa shape index (κ2) is 5.36. The van der Waals surface area contributed by atoms with Crippen LogP contribution in [0.3, 0.4) is 0 Å². The van der Waals surface area contributed by atoms with E-state index in [9.17, 15) is 9.59 Å². The zero-order valence-corrected chi connectivity index (χ0v) is 11.6. The summed E-state index contributed by atoms with van der Waals surface area (Å²) >= 11 is 0. The fourth-order valence-electron chi connectivity index (χ4n) is 2.52. The van der Waals surface area contributed by atoms with Crippen molar-refractivity contribution in [2.45, 2.75) is 12.8 Å². The molecule has 0 bridgehead atoms. The first-order valence-corrected chi connectivity index (χ1v) is 6.76. The lowest BCUT2D eigenvalue weighted by molar-refractivity contribution is -0.130. The molecule has 1 fully saturated rings. The van der Waals surface area contributed by atoms with Crippen molar-refractivity contribution < 1.29 is 9.59 Å². The molecule has 1 aromatic heterocycles. The van der Waals surface area contributed by atoms with Crippen molar-refractivity contribution in [2.75, 3.05) is 11.6 Å². The maximum Gasteiger partial charge on any atom is 0.256 e. The fraction of sp³-hybridized carbons (Fsp3) is 0.188. The Bertz CT molecular complexity index is 658. The summed E-state index contributed by atoms with van der Waals surface area (Å²) in [5.41, 5.74) is 0.909. The minimum absolute atomic E-state index is 0.130. The summed E-state index contributed by atoms with van der Waals surface area (Å²) in [5, 5.41) is 2.82. The molecular weight excluding hydrogens is 266 g/mol. The van der Waals surface area contributed by atoms with Crippen molar-refractivity contribution >= 4 is 17.6 Å². The first-order chi connectivity index (χ1) is 10.2. The lowest BCUT2D eigenvalue weighted by Gasteiger charge is -2.25. The second-order valence-corrected chi connectivity index (χ2v) is 4.90. The van der Waals surface area contributed by atoms with Crippen LogP contribution in [0.2, 0.25) is 0 Å². The zero-order valence-electron chi connectivity index (χ0n) is 11.6. The van der Waals surface area contributed by atoms with Gasteiger partial charge in [0.15, 0.2) is 5.82 Å². The molecule has 5 heteroatoms. The molecule has 1 aliphatic rings. The van der Waals surface area contributed by atoms with E-state index >= 15 is 0 Å². The van der Waals surface area contributed by atoms with Crippen molar-refractivity contribution in [3.8, 4) is 0 Å². The minimum Gasteiger partial charge on any atom is -0.273 e. The molecule has 0 radical (unpaired) electrons.